The Kier molecular flexibility index (Phi) is 5.80. The second kappa shape index (κ2) is 6.90. The zero-order chi connectivity index (χ0) is 14.5. The van der Waals surface area contributed by atoms with E-state index in [4.69, 9.17) is 11.6 Å². The summed E-state index contributed by atoms with van der Waals surface area (Å²) >= 11 is 5.71. The number of benzene rings is 1. The van der Waals surface area contributed by atoms with Crippen molar-refractivity contribution in [2.45, 2.75) is 46.0 Å². The van der Waals surface area contributed by atoms with E-state index in [0.717, 1.165) is 12.8 Å². The molecule has 1 unspecified atom stereocenters. The number of carboxylic acid groups (broad SMARTS) is 1. The Morgan fingerprint density at radius 1 is 1.42 bits per heavy atom. The van der Waals surface area contributed by atoms with E-state index in [2.05, 4.69) is 0 Å². The average Bonchev–Trinajstić information content (AvgIpc) is 2.37. The van der Waals surface area contributed by atoms with Crippen molar-refractivity contribution < 1.29 is 14.3 Å². The van der Waals surface area contributed by atoms with E-state index in [-0.39, 0.29) is 6.42 Å². The van der Waals surface area contributed by atoms with Crippen molar-refractivity contribution in [3.8, 4) is 0 Å². The van der Waals surface area contributed by atoms with Crippen LogP contribution in [0.2, 0.25) is 5.02 Å². The molecule has 0 saturated heterocycles. The van der Waals surface area contributed by atoms with E-state index >= 15 is 0 Å². The van der Waals surface area contributed by atoms with Gasteiger partial charge in [-0.2, -0.15) is 0 Å². The maximum atomic E-state index is 13.8. The van der Waals surface area contributed by atoms with Crippen molar-refractivity contribution in [3.63, 3.8) is 0 Å². The molecule has 0 saturated carbocycles. The van der Waals surface area contributed by atoms with Crippen molar-refractivity contribution in [1.82, 2.24) is 0 Å². The number of carboxylic acids is 1. The van der Waals surface area contributed by atoms with Gasteiger partial charge in [0.2, 0.25) is 0 Å². The molecule has 1 atom stereocenters. The van der Waals surface area contributed by atoms with Crippen LogP contribution in [-0.4, -0.2) is 11.1 Å². The average molecular weight is 287 g/mol. The van der Waals surface area contributed by atoms with Crippen molar-refractivity contribution in [3.05, 3.63) is 34.6 Å². The summed E-state index contributed by atoms with van der Waals surface area (Å²) in [5.41, 5.74) is -0.463. The lowest BCUT2D eigenvalue weighted by Crippen LogP contribution is -2.33. The Morgan fingerprint density at radius 2 is 2.11 bits per heavy atom. The number of hydrogen-bond acceptors (Lipinski definition) is 1. The van der Waals surface area contributed by atoms with Crippen LogP contribution in [0.5, 0.6) is 0 Å². The minimum Gasteiger partial charge on any atom is -0.481 e. The fourth-order valence-electron chi connectivity index (χ4n) is 2.27. The molecule has 1 aromatic carbocycles. The molecule has 0 fully saturated rings. The minimum absolute atomic E-state index is 0.210. The van der Waals surface area contributed by atoms with Gasteiger partial charge in [-0.15, -0.1) is 0 Å². The Balaban J connectivity index is 3.02. The first-order chi connectivity index (χ1) is 8.95. The van der Waals surface area contributed by atoms with E-state index in [1.54, 1.807) is 12.1 Å². The molecular weight excluding hydrogens is 267 g/mol. The molecule has 0 spiro atoms. The third-order valence-electron chi connectivity index (χ3n) is 3.68. The van der Waals surface area contributed by atoms with E-state index < -0.39 is 17.2 Å². The highest BCUT2D eigenvalue weighted by atomic mass is 35.5. The van der Waals surface area contributed by atoms with E-state index in [9.17, 15) is 14.3 Å². The topological polar surface area (TPSA) is 37.3 Å². The lowest BCUT2D eigenvalue weighted by Gasteiger charge is -2.28. The van der Waals surface area contributed by atoms with Crippen LogP contribution in [0, 0.1) is 11.2 Å². The summed E-state index contributed by atoms with van der Waals surface area (Å²) in [4.78, 5) is 11.6. The number of halogens is 2. The molecule has 2 nitrogen and oxygen atoms in total. The van der Waals surface area contributed by atoms with Crippen molar-refractivity contribution in [2.24, 2.45) is 5.41 Å². The highest BCUT2D eigenvalue weighted by molar-refractivity contribution is 6.30. The van der Waals surface area contributed by atoms with Gasteiger partial charge in [0.25, 0.3) is 0 Å². The third-order valence-corrected chi connectivity index (χ3v) is 3.92. The third kappa shape index (κ3) is 3.93. The molecule has 106 valence electrons. The molecule has 4 heteroatoms. The normalized spacial score (nSPS) is 14.1. The molecule has 0 aliphatic carbocycles. The van der Waals surface area contributed by atoms with E-state index in [1.165, 1.54) is 6.07 Å². The fourth-order valence-corrected chi connectivity index (χ4v) is 2.43. The van der Waals surface area contributed by atoms with Gasteiger partial charge in [0.1, 0.15) is 5.82 Å². The molecule has 0 heterocycles. The molecule has 0 radical (unpaired) electrons. The minimum atomic E-state index is -0.884. The van der Waals surface area contributed by atoms with E-state index in [1.807, 2.05) is 13.8 Å². The molecule has 0 aromatic heterocycles. The van der Waals surface area contributed by atoms with Crippen LogP contribution in [0.3, 0.4) is 0 Å². The summed E-state index contributed by atoms with van der Waals surface area (Å²) in [6, 6.07) is 4.41. The van der Waals surface area contributed by atoms with Gasteiger partial charge in [-0.25, -0.2) is 4.39 Å². The largest absolute Gasteiger partial charge is 0.481 e. The zero-order valence-electron chi connectivity index (χ0n) is 11.4. The molecule has 1 aromatic rings. The summed E-state index contributed by atoms with van der Waals surface area (Å²) in [6.45, 7) is 3.86. The van der Waals surface area contributed by atoms with Crippen LogP contribution in [-0.2, 0) is 11.2 Å². The number of rotatable bonds is 7. The molecule has 1 rings (SSSR count). The summed E-state index contributed by atoms with van der Waals surface area (Å²) in [5, 5.41) is 9.83. The van der Waals surface area contributed by atoms with Crippen molar-refractivity contribution in [2.75, 3.05) is 0 Å². The maximum absolute atomic E-state index is 13.8. The van der Waals surface area contributed by atoms with Crippen LogP contribution in [0.4, 0.5) is 4.39 Å². The predicted molar refractivity (Wildman–Crippen MR) is 75.0 cm³/mol. The van der Waals surface area contributed by atoms with Gasteiger partial charge in [-0.1, -0.05) is 44.4 Å². The highest BCUT2D eigenvalue weighted by Crippen LogP contribution is 2.34. The SMILES string of the molecule is CCCCC(CC)(Cc1ccc(Cl)cc1F)C(=O)O. The molecule has 0 aliphatic rings. The first kappa shape index (κ1) is 16.0. The Hall–Kier alpha value is -1.09. The van der Waals surface area contributed by atoms with Crippen LogP contribution in [0.25, 0.3) is 0 Å². The lowest BCUT2D eigenvalue weighted by atomic mass is 9.75. The number of aliphatic carboxylic acids is 1. The van der Waals surface area contributed by atoms with Crippen LogP contribution < -0.4 is 0 Å². The fraction of sp³-hybridized carbons (Fsp3) is 0.533. The molecule has 1 N–H and O–H groups in total. The summed E-state index contributed by atoms with van der Waals surface area (Å²) < 4.78 is 13.8. The predicted octanol–water partition coefficient (Wildman–Crippen LogP) is 4.69. The smallest absolute Gasteiger partial charge is 0.309 e. The first-order valence-electron chi connectivity index (χ1n) is 6.62. The van der Waals surface area contributed by atoms with Crippen LogP contribution in [0.15, 0.2) is 18.2 Å². The number of unbranched alkanes of at least 4 members (excludes halogenated alkanes) is 1. The summed E-state index contributed by atoms with van der Waals surface area (Å²) in [6.07, 6.45) is 3.02. The van der Waals surface area contributed by atoms with Gasteiger partial charge < -0.3 is 5.11 Å². The Labute approximate surface area is 118 Å². The molecular formula is C15H20ClFO2. The molecule has 0 bridgehead atoms. The molecule has 19 heavy (non-hydrogen) atoms. The van der Waals surface area contributed by atoms with Gasteiger partial charge in [-0.3, -0.25) is 4.79 Å². The molecule has 0 aliphatic heterocycles. The van der Waals surface area contributed by atoms with Gasteiger partial charge >= 0.3 is 5.97 Å². The van der Waals surface area contributed by atoms with Crippen molar-refractivity contribution >= 4 is 17.6 Å². The molecule has 0 amide bonds. The zero-order valence-corrected chi connectivity index (χ0v) is 12.1. The van der Waals surface area contributed by atoms with Gasteiger partial charge in [0.15, 0.2) is 0 Å². The number of carbonyl (C=O) groups is 1. The van der Waals surface area contributed by atoms with Crippen LogP contribution >= 0.6 is 11.6 Å². The highest BCUT2D eigenvalue weighted by Gasteiger charge is 2.36. The Morgan fingerprint density at radius 3 is 2.58 bits per heavy atom. The summed E-state index contributed by atoms with van der Waals surface area (Å²) in [5.74, 6) is -1.28. The second-order valence-corrected chi connectivity index (χ2v) is 5.39. The number of hydrogen-bond donors (Lipinski definition) is 1. The van der Waals surface area contributed by atoms with Gasteiger partial charge in [-0.05, 0) is 37.0 Å². The quantitative estimate of drug-likeness (QED) is 0.789. The monoisotopic (exact) mass is 286 g/mol. The Bertz CT molecular complexity index is 448. The van der Waals surface area contributed by atoms with E-state index in [0.29, 0.717) is 23.4 Å². The first-order valence-corrected chi connectivity index (χ1v) is 7.00. The van der Waals surface area contributed by atoms with Gasteiger partial charge in [0.05, 0.1) is 5.41 Å². The van der Waals surface area contributed by atoms with Gasteiger partial charge in [0, 0.05) is 5.02 Å². The lowest BCUT2D eigenvalue weighted by molar-refractivity contribution is -0.149. The second-order valence-electron chi connectivity index (χ2n) is 4.96. The van der Waals surface area contributed by atoms with Crippen molar-refractivity contribution in [1.29, 1.82) is 0 Å². The standard InChI is InChI=1S/C15H20ClFO2/c1-3-5-8-15(4-2,14(18)19)10-11-6-7-12(16)9-13(11)17/h6-7,9H,3-5,8,10H2,1-2H3,(H,18,19). The van der Waals surface area contributed by atoms with Crippen LogP contribution in [0.1, 0.15) is 45.1 Å². The maximum Gasteiger partial charge on any atom is 0.309 e. The summed E-state index contributed by atoms with van der Waals surface area (Å²) in [7, 11) is 0.